The van der Waals surface area contributed by atoms with E-state index in [2.05, 4.69) is 25.0 Å². The lowest BCUT2D eigenvalue weighted by atomic mass is 10.4. The fourth-order valence-corrected chi connectivity index (χ4v) is 0.234. The Morgan fingerprint density at radius 1 is 2.00 bits per heavy atom. The van der Waals surface area contributed by atoms with E-state index in [1.165, 1.54) is 0 Å². The first-order valence-corrected chi connectivity index (χ1v) is 3.20. The molecule has 58 valence electrons. The standard InChI is InChI=1S/C3H7NO2S.C3H4/c4-2(1-7)3(5)6;1-3-2/h2,7H,1,4H2,(H,5,6);1H,2H3. The molecular formula is C6H11NO2S. The van der Waals surface area contributed by atoms with E-state index in [0.29, 0.717) is 0 Å². The third kappa shape index (κ3) is 10.3. The summed E-state index contributed by atoms with van der Waals surface area (Å²) in [4.78, 5) is 9.76. The smallest absolute Gasteiger partial charge is 0.321 e. The summed E-state index contributed by atoms with van der Waals surface area (Å²) in [6.45, 7) is 1.65. The van der Waals surface area contributed by atoms with Crippen LogP contribution in [0.15, 0.2) is 0 Å². The van der Waals surface area contributed by atoms with Gasteiger partial charge in [0.2, 0.25) is 0 Å². The van der Waals surface area contributed by atoms with Crippen LogP contribution in [-0.2, 0) is 4.79 Å². The third-order valence-electron chi connectivity index (χ3n) is 0.514. The van der Waals surface area contributed by atoms with Crippen molar-refractivity contribution in [1.29, 1.82) is 0 Å². The van der Waals surface area contributed by atoms with Gasteiger partial charge in [-0.2, -0.15) is 12.6 Å². The minimum absolute atomic E-state index is 0.190. The van der Waals surface area contributed by atoms with Crippen LogP contribution in [0.3, 0.4) is 0 Å². The van der Waals surface area contributed by atoms with E-state index in [9.17, 15) is 4.79 Å². The fourth-order valence-electron chi connectivity index (χ4n) is 0.0781. The van der Waals surface area contributed by atoms with E-state index in [1.54, 1.807) is 6.92 Å². The Hall–Kier alpha value is -0.660. The summed E-state index contributed by atoms with van der Waals surface area (Å²) in [5, 5.41) is 8.01. The van der Waals surface area contributed by atoms with E-state index >= 15 is 0 Å². The molecular weight excluding hydrogens is 150 g/mol. The van der Waals surface area contributed by atoms with Crippen LogP contribution in [0.1, 0.15) is 6.92 Å². The molecule has 0 aromatic carbocycles. The Morgan fingerprint density at radius 2 is 2.30 bits per heavy atom. The number of nitrogens with two attached hydrogens (primary N) is 1. The van der Waals surface area contributed by atoms with Crippen molar-refractivity contribution in [2.24, 2.45) is 5.73 Å². The van der Waals surface area contributed by atoms with Gasteiger partial charge in [0.05, 0.1) is 0 Å². The molecule has 0 aliphatic carbocycles. The number of carboxylic acids is 1. The normalized spacial score (nSPS) is 10.2. The Balaban J connectivity index is 0. The van der Waals surface area contributed by atoms with Crippen molar-refractivity contribution in [2.45, 2.75) is 13.0 Å². The molecule has 3 N–H and O–H groups in total. The lowest BCUT2D eigenvalue weighted by Gasteiger charge is -1.96. The topological polar surface area (TPSA) is 63.3 Å². The van der Waals surface area contributed by atoms with Crippen molar-refractivity contribution in [1.82, 2.24) is 0 Å². The van der Waals surface area contributed by atoms with Crippen molar-refractivity contribution >= 4 is 18.6 Å². The van der Waals surface area contributed by atoms with E-state index < -0.39 is 12.0 Å². The molecule has 0 aliphatic rings. The number of hydrogen-bond donors (Lipinski definition) is 3. The number of terminal acetylenes is 1. The average molecular weight is 161 g/mol. The maximum absolute atomic E-state index is 9.76. The minimum atomic E-state index is -1.00. The highest BCUT2D eigenvalue weighted by atomic mass is 32.1. The molecule has 0 saturated carbocycles. The second-order valence-corrected chi connectivity index (χ2v) is 1.78. The summed E-state index contributed by atoms with van der Waals surface area (Å²) in [5.74, 6) is 1.44. The predicted molar refractivity (Wildman–Crippen MR) is 44.0 cm³/mol. The van der Waals surface area contributed by atoms with Gasteiger partial charge < -0.3 is 10.8 Å². The van der Waals surface area contributed by atoms with Crippen molar-refractivity contribution in [3.63, 3.8) is 0 Å². The van der Waals surface area contributed by atoms with Gasteiger partial charge >= 0.3 is 5.97 Å². The molecule has 0 aliphatic heterocycles. The second kappa shape index (κ2) is 8.34. The first kappa shape index (κ1) is 12.1. The molecule has 0 radical (unpaired) electrons. The molecule has 0 aromatic rings. The molecule has 0 rings (SSSR count). The summed E-state index contributed by atoms with van der Waals surface area (Å²) in [6.07, 6.45) is 4.60. The van der Waals surface area contributed by atoms with Gasteiger partial charge in [0.25, 0.3) is 0 Å². The Bertz CT molecular complexity index is 130. The maximum Gasteiger partial charge on any atom is 0.321 e. The molecule has 0 amide bonds. The summed E-state index contributed by atoms with van der Waals surface area (Å²) < 4.78 is 0. The Morgan fingerprint density at radius 3 is 2.30 bits per heavy atom. The van der Waals surface area contributed by atoms with Crippen molar-refractivity contribution in [2.75, 3.05) is 5.75 Å². The number of carbonyl (C=O) groups is 1. The van der Waals surface area contributed by atoms with Gasteiger partial charge in [-0.1, -0.05) is 0 Å². The summed E-state index contributed by atoms with van der Waals surface area (Å²) in [5.41, 5.74) is 4.94. The minimum Gasteiger partial charge on any atom is -0.480 e. The van der Waals surface area contributed by atoms with Gasteiger partial charge in [0.15, 0.2) is 0 Å². The summed E-state index contributed by atoms with van der Waals surface area (Å²) >= 11 is 3.65. The van der Waals surface area contributed by atoms with E-state index in [0.717, 1.165) is 0 Å². The lowest BCUT2D eigenvalue weighted by Crippen LogP contribution is -2.31. The molecule has 3 nitrogen and oxygen atoms in total. The van der Waals surface area contributed by atoms with Crippen molar-refractivity contribution in [3.8, 4) is 12.3 Å². The van der Waals surface area contributed by atoms with Crippen molar-refractivity contribution < 1.29 is 9.90 Å². The predicted octanol–water partition coefficient (Wildman–Crippen LogP) is -0.0324. The van der Waals surface area contributed by atoms with Crippen LogP contribution in [0, 0.1) is 12.3 Å². The van der Waals surface area contributed by atoms with Gasteiger partial charge in [0.1, 0.15) is 6.04 Å². The Labute approximate surface area is 66.0 Å². The fraction of sp³-hybridized carbons (Fsp3) is 0.500. The van der Waals surface area contributed by atoms with E-state index in [4.69, 9.17) is 10.8 Å². The molecule has 1 unspecified atom stereocenters. The van der Waals surface area contributed by atoms with E-state index in [1.807, 2.05) is 0 Å². The van der Waals surface area contributed by atoms with Crippen LogP contribution in [-0.4, -0.2) is 22.9 Å². The zero-order valence-corrected chi connectivity index (χ0v) is 6.64. The van der Waals surface area contributed by atoms with Crippen LogP contribution < -0.4 is 5.73 Å². The molecule has 10 heavy (non-hydrogen) atoms. The molecule has 0 saturated heterocycles. The average Bonchev–Trinajstić information content (AvgIpc) is 1.88. The molecule has 4 heteroatoms. The van der Waals surface area contributed by atoms with Gasteiger partial charge in [-0.3, -0.25) is 4.79 Å². The molecule has 0 bridgehead atoms. The van der Waals surface area contributed by atoms with Crippen LogP contribution in [0.5, 0.6) is 0 Å². The van der Waals surface area contributed by atoms with Crippen molar-refractivity contribution in [3.05, 3.63) is 0 Å². The molecule has 0 spiro atoms. The van der Waals surface area contributed by atoms with Crippen LogP contribution >= 0.6 is 12.6 Å². The van der Waals surface area contributed by atoms with Crippen LogP contribution in [0.4, 0.5) is 0 Å². The Kier molecular flexibility index (Phi) is 10.1. The first-order valence-electron chi connectivity index (χ1n) is 2.56. The highest BCUT2D eigenvalue weighted by molar-refractivity contribution is 7.80. The van der Waals surface area contributed by atoms with Gasteiger partial charge in [-0.15, -0.1) is 12.3 Å². The van der Waals surface area contributed by atoms with Crippen LogP contribution in [0.25, 0.3) is 0 Å². The van der Waals surface area contributed by atoms with Crippen LogP contribution in [0.2, 0.25) is 0 Å². The van der Waals surface area contributed by atoms with E-state index in [-0.39, 0.29) is 5.75 Å². The number of hydrogen-bond acceptors (Lipinski definition) is 3. The largest absolute Gasteiger partial charge is 0.480 e. The zero-order chi connectivity index (χ0) is 8.57. The number of carboxylic acid groups (broad SMARTS) is 1. The highest BCUT2D eigenvalue weighted by Gasteiger charge is 2.06. The SMILES string of the molecule is C#CC.NC(CS)C(=O)O. The van der Waals surface area contributed by atoms with Gasteiger partial charge in [0, 0.05) is 5.75 Å². The molecule has 0 heterocycles. The molecule has 1 atom stereocenters. The van der Waals surface area contributed by atoms with Gasteiger partial charge in [-0.05, 0) is 6.92 Å². The molecule has 0 aromatic heterocycles. The summed E-state index contributed by atoms with van der Waals surface area (Å²) in [6, 6.07) is -0.816. The number of rotatable bonds is 2. The maximum atomic E-state index is 9.76. The first-order chi connectivity index (χ1) is 4.59. The summed E-state index contributed by atoms with van der Waals surface area (Å²) in [7, 11) is 0. The third-order valence-corrected chi connectivity index (χ3v) is 0.907. The second-order valence-electron chi connectivity index (χ2n) is 1.42. The lowest BCUT2D eigenvalue weighted by molar-refractivity contribution is -0.137. The van der Waals surface area contributed by atoms with Gasteiger partial charge in [-0.25, -0.2) is 0 Å². The molecule has 0 fully saturated rings. The quantitative estimate of drug-likeness (QED) is 0.393. The highest BCUT2D eigenvalue weighted by Crippen LogP contribution is 1.80. The number of aliphatic carboxylic acids is 1. The zero-order valence-electron chi connectivity index (χ0n) is 5.74. The monoisotopic (exact) mass is 161 g/mol. The number of thiol groups is 1.